The molecule has 0 saturated heterocycles. The fourth-order valence-electron chi connectivity index (χ4n) is 5.92. The number of hydrogen-bond donors (Lipinski definition) is 0. The second kappa shape index (κ2) is 11.2. The summed E-state index contributed by atoms with van der Waals surface area (Å²) in [5.41, 5.74) is 8.93. The van der Waals surface area contributed by atoms with E-state index in [0.717, 1.165) is 13.1 Å². The van der Waals surface area contributed by atoms with E-state index in [-0.39, 0.29) is 12.0 Å². The Morgan fingerprint density at radius 3 is 2.47 bits per heavy atom. The molecule has 0 bridgehead atoms. The summed E-state index contributed by atoms with van der Waals surface area (Å²) in [7, 11) is 0. The van der Waals surface area contributed by atoms with Crippen LogP contribution in [0.2, 0.25) is 0 Å². The van der Waals surface area contributed by atoms with Crippen LogP contribution >= 0.6 is 0 Å². The first-order valence-electron chi connectivity index (χ1n) is 13.8. The Labute approximate surface area is 227 Å². The van der Waals surface area contributed by atoms with Crippen molar-refractivity contribution in [2.45, 2.75) is 47.2 Å². The number of aromatic nitrogens is 2. The Morgan fingerprint density at radius 2 is 1.66 bits per heavy atom. The van der Waals surface area contributed by atoms with Gasteiger partial charge in [-0.15, -0.1) is 0 Å². The molecule has 2 unspecified atom stereocenters. The molecule has 0 N–H and O–H groups in total. The molecule has 1 aliphatic heterocycles. The van der Waals surface area contributed by atoms with Gasteiger partial charge in [0.1, 0.15) is 6.54 Å². The quantitative estimate of drug-likeness (QED) is 0.239. The number of hydrogen-bond acceptors (Lipinski definition) is 1. The monoisotopic (exact) mass is 501 g/mol. The molecule has 0 saturated carbocycles. The zero-order chi connectivity index (χ0) is 26.6. The van der Waals surface area contributed by atoms with Crippen LogP contribution in [0.15, 0.2) is 108 Å². The molecule has 5 rings (SSSR count). The van der Waals surface area contributed by atoms with E-state index in [9.17, 15) is 0 Å². The molecule has 192 valence electrons. The summed E-state index contributed by atoms with van der Waals surface area (Å²) in [6, 6.07) is 28.5. The zero-order valence-corrected chi connectivity index (χ0v) is 23.3. The third-order valence-electron chi connectivity index (χ3n) is 7.74. The van der Waals surface area contributed by atoms with Gasteiger partial charge in [-0.1, -0.05) is 49.4 Å². The molecule has 0 amide bonds. The maximum atomic E-state index is 2.54. The predicted molar refractivity (Wildman–Crippen MR) is 160 cm³/mol. The second-order valence-electron chi connectivity index (χ2n) is 10.2. The molecule has 0 spiro atoms. The third-order valence-corrected chi connectivity index (χ3v) is 7.74. The largest absolute Gasteiger partial charge is 0.342 e. The number of benzene rings is 2. The van der Waals surface area contributed by atoms with Crippen LogP contribution < -0.4 is 14.0 Å². The van der Waals surface area contributed by atoms with Crippen molar-refractivity contribution in [1.82, 2.24) is 0 Å². The van der Waals surface area contributed by atoms with E-state index >= 15 is 0 Å². The first-order chi connectivity index (χ1) is 18.5. The minimum atomic E-state index is 0.156. The van der Waals surface area contributed by atoms with Crippen molar-refractivity contribution in [3.63, 3.8) is 0 Å². The van der Waals surface area contributed by atoms with E-state index in [2.05, 4.69) is 158 Å². The summed E-state index contributed by atoms with van der Waals surface area (Å²) in [6.07, 6.45) is 11.5. The highest BCUT2D eigenvalue weighted by Crippen LogP contribution is 2.33. The molecular weight excluding hydrogens is 462 g/mol. The van der Waals surface area contributed by atoms with E-state index in [1.807, 2.05) is 0 Å². The minimum absolute atomic E-state index is 0.156. The van der Waals surface area contributed by atoms with Gasteiger partial charge >= 0.3 is 0 Å². The number of para-hydroxylation sites is 2. The molecule has 0 radical (unpaired) electrons. The SMILES string of the molecule is CCN1/C(=C\C(C)C(/C(C)=C/c2cccc[n+]2CC)[n+]2c(C)ccc3ccccc32)C=Cc2ccccc21. The lowest BCUT2D eigenvalue weighted by atomic mass is 9.91. The summed E-state index contributed by atoms with van der Waals surface area (Å²) in [5.74, 6) is 0.249. The Balaban J connectivity index is 1.66. The molecule has 3 nitrogen and oxygen atoms in total. The van der Waals surface area contributed by atoms with E-state index in [1.54, 1.807) is 0 Å². The van der Waals surface area contributed by atoms with E-state index in [1.165, 1.54) is 44.8 Å². The van der Waals surface area contributed by atoms with Gasteiger partial charge in [0.25, 0.3) is 0 Å². The summed E-state index contributed by atoms with van der Waals surface area (Å²) in [6.45, 7) is 13.2. The van der Waals surface area contributed by atoms with Crippen LogP contribution in [0.3, 0.4) is 0 Å². The van der Waals surface area contributed by atoms with Crippen LogP contribution in [0, 0.1) is 12.8 Å². The highest BCUT2D eigenvalue weighted by Gasteiger charge is 2.32. The molecule has 2 atom stereocenters. The third kappa shape index (κ3) is 4.93. The standard InChI is InChI=1S/C35H39N3/c1-6-36-23-13-12-16-31(36)24-26(3)35(38-28(5)19-20-30-15-9-11-18-34(30)38)27(4)25-32-22-21-29-14-8-10-17-33(29)37(32)7-2/h8-25,27,35H,6-7H2,1-5H3/q+2/b26-24+,32-25-. The molecule has 3 heterocycles. The van der Waals surface area contributed by atoms with Crippen LogP contribution in [-0.2, 0) is 6.54 Å². The molecule has 2 aromatic heterocycles. The normalized spacial score (nSPS) is 16.1. The Bertz CT molecular complexity index is 1540. The van der Waals surface area contributed by atoms with Gasteiger partial charge in [0, 0.05) is 72.1 Å². The van der Waals surface area contributed by atoms with Crippen LogP contribution in [0.4, 0.5) is 5.69 Å². The zero-order valence-electron chi connectivity index (χ0n) is 23.3. The molecule has 1 aliphatic rings. The van der Waals surface area contributed by atoms with Gasteiger partial charge in [-0.25, -0.2) is 0 Å². The van der Waals surface area contributed by atoms with Crippen molar-refractivity contribution < 1.29 is 9.13 Å². The average Bonchev–Trinajstić information content (AvgIpc) is 2.94. The van der Waals surface area contributed by atoms with Crippen molar-refractivity contribution in [2.75, 3.05) is 11.4 Å². The molecule has 0 fully saturated rings. The van der Waals surface area contributed by atoms with E-state index in [0.29, 0.717) is 0 Å². The lowest BCUT2D eigenvalue weighted by Crippen LogP contribution is -2.47. The lowest BCUT2D eigenvalue weighted by molar-refractivity contribution is -0.701. The number of rotatable bonds is 7. The van der Waals surface area contributed by atoms with Crippen molar-refractivity contribution in [2.24, 2.45) is 5.92 Å². The first-order valence-corrected chi connectivity index (χ1v) is 13.8. The van der Waals surface area contributed by atoms with Gasteiger partial charge in [0.05, 0.1) is 0 Å². The number of aryl methyl sites for hydroxylation is 2. The van der Waals surface area contributed by atoms with Crippen molar-refractivity contribution in [3.8, 4) is 0 Å². The summed E-state index contributed by atoms with van der Waals surface area (Å²) >= 11 is 0. The van der Waals surface area contributed by atoms with Gasteiger partial charge in [0.15, 0.2) is 17.9 Å². The van der Waals surface area contributed by atoms with E-state index < -0.39 is 0 Å². The number of anilines is 1. The fraction of sp³-hybridized carbons (Fsp3) is 0.257. The van der Waals surface area contributed by atoms with Gasteiger partial charge in [0.2, 0.25) is 11.2 Å². The van der Waals surface area contributed by atoms with Crippen LogP contribution in [-0.4, -0.2) is 6.54 Å². The molecule has 0 aliphatic carbocycles. The summed E-state index contributed by atoms with van der Waals surface area (Å²) in [5, 5.41) is 1.26. The number of pyridine rings is 2. The molecule has 2 aromatic carbocycles. The number of allylic oxidation sites excluding steroid dienone is 3. The van der Waals surface area contributed by atoms with Crippen LogP contribution in [0.1, 0.15) is 50.7 Å². The van der Waals surface area contributed by atoms with Crippen LogP contribution in [0.25, 0.3) is 23.1 Å². The highest BCUT2D eigenvalue weighted by atomic mass is 15.1. The highest BCUT2D eigenvalue weighted by molar-refractivity contribution is 5.77. The van der Waals surface area contributed by atoms with Crippen molar-refractivity contribution in [3.05, 3.63) is 125 Å². The number of nitrogens with zero attached hydrogens (tertiary/aromatic N) is 3. The van der Waals surface area contributed by atoms with E-state index in [4.69, 9.17) is 0 Å². The summed E-state index contributed by atoms with van der Waals surface area (Å²) < 4.78 is 4.85. The molecule has 3 heteroatoms. The van der Waals surface area contributed by atoms with Gasteiger partial charge in [-0.2, -0.15) is 9.13 Å². The average molecular weight is 502 g/mol. The molecule has 4 aromatic rings. The predicted octanol–water partition coefficient (Wildman–Crippen LogP) is 7.46. The Morgan fingerprint density at radius 1 is 0.895 bits per heavy atom. The maximum Gasteiger partial charge on any atom is 0.213 e. The molecule has 38 heavy (non-hydrogen) atoms. The second-order valence-corrected chi connectivity index (χ2v) is 10.2. The van der Waals surface area contributed by atoms with Crippen molar-refractivity contribution in [1.29, 1.82) is 0 Å². The van der Waals surface area contributed by atoms with Crippen molar-refractivity contribution >= 4 is 28.7 Å². The van der Waals surface area contributed by atoms with Gasteiger partial charge in [-0.05, 0) is 56.7 Å². The fourth-order valence-corrected chi connectivity index (χ4v) is 5.92. The summed E-state index contributed by atoms with van der Waals surface area (Å²) in [4.78, 5) is 2.44. The number of likely N-dealkylation sites (N-methyl/N-ethyl adjacent to an activating group) is 1. The first kappa shape index (κ1) is 25.7. The molecular formula is C35H39N3+2. The maximum absolute atomic E-state index is 2.54. The van der Waals surface area contributed by atoms with Gasteiger partial charge < -0.3 is 4.90 Å². The minimum Gasteiger partial charge on any atom is -0.342 e. The van der Waals surface area contributed by atoms with Gasteiger partial charge in [-0.3, -0.25) is 0 Å². The lowest BCUT2D eigenvalue weighted by Gasteiger charge is -2.31. The Hall–Kier alpha value is -3.98. The van der Waals surface area contributed by atoms with Crippen LogP contribution in [0.5, 0.6) is 0 Å². The topological polar surface area (TPSA) is 11.0 Å². The smallest absolute Gasteiger partial charge is 0.213 e. The number of fused-ring (bicyclic) bond motifs is 2. The Kier molecular flexibility index (Phi) is 7.55.